The summed E-state index contributed by atoms with van der Waals surface area (Å²) in [6.07, 6.45) is 3.05. The number of hydrogen-bond donors (Lipinski definition) is 2. The van der Waals surface area contributed by atoms with Gasteiger partial charge in [-0.1, -0.05) is 11.6 Å². The number of nitrogens with zero attached hydrogens (tertiary/aromatic N) is 3. The average Bonchev–Trinajstić information content (AvgIpc) is 3.11. The molecule has 0 radical (unpaired) electrons. The van der Waals surface area contributed by atoms with Gasteiger partial charge in [0.1, 0.15) is 5.69 Å². The molecule has 0 bridgehead atoms. The van der Waals surface area contributed by atoms with Crippen molar-refractivity contribution in [3.05, 3.63) is 52.9 Å². The molecule has 0 unspecified atom stereocenters. The fourth-order valence-corrected chi connectivity index (χ4v) is 3.02. The number of aromatic amines is 1. The van der Waals surface area contributed by atoms with Gasteiger partial charge in [-0.05, 0) is 24.3 Å². The smallest absolute Gasteiger partial charge is 0.270 e. The van der Waals surface area contributed by atoms with Crippen molar-refractivity contribution in [3.8, 4) is 0 Å². The lowest BCUT2D eigenvalue weighted by Gasteiger charge is -2.38. The summed E-state index contributed by atoms with van der Waals surface area (Å²) >= 11 is 5.97. The molecule has 2 amide bonds. The van der Waals surface area contributed by atoms with Gasteiger partial charge < -0.3 is 15.6 Å². The molecule has 1 fully saturated rings. The Morgan fingerprint density at radius 1 is 1.29 bits per heavy atom. The molecule has 122 valence electrons. The van der Waals surface area contributed by atoms with Gasteiger partial charge in [-0.3, -0.25) is 14.3 Å². The number of amides is 2. The summed E-state index contributed by atoms with van der Waals surface area (Å²) in [6.45, 7) is 1.07. The zero-order valence-electron chi connectivity index (χ0n) is 12.6. The van der Waals surface area contributed by atoms with Crippen molar-refractivity contribution < 1.29 is 9.59 Å². The van der Waals surface area contributed by atoms with Gasteiger partial charge in [-0.2, -0.15) is 5.10 Å². The largest absolute Gasteiger partial charge is 0.366 e. The van der Waals surface area contributed by atoms with Crippen LogP contribution < -0.4 is 5.73 Å². The van der Waals surface area contributed by atoms with Gasteiger partial charge in [0, 0.05) is 35.2 Å². The van der Waals surface area contributed by atoms with Crippen LogP contribution in [-0.4, -0.2) is 44.6 Å². The quantitative estimate of drug-likeness (QED) is 0.759. The van der Waals surface area contributed by atoms with Crippen LogP contribution in [-0.2, 0) is 0 Å². The number of primary amides is 1. The SMILES string of the molecule is NC(=O)c1cnn(C2CN(C(=O)c3cc4cc(Cl)ccc4[nH]3)C2)c1. The van der Waals surface area contributed by atoms with Crippen LogP contribution in [0.4, 0.5) is 0 Å². The zero-order chi connectivity index (χ0) is 16.8. The molecule has 8 heteroatoms. The fraction of sp³-hybridized carbons (Fsp3) is 0.188. The summed E-state index contributed by atoms with van der Waals surface area (Å²) in [7, 11) is 0. The zero-order valence-corrected chi connectivity index (χ0v) is 13.3. The number of rotatable bonds is 3. The predicted molar refractivity (Wildman–Crippen MR) is 89.0 cm³/mol. The van der Waals surface area contributed by atoms with Gasteiger partial charge in [0.2, 0.25) is 0 Å². The van der Waals surface area contributed by atoms with Gasteiger partial charge >= 0.3 is 0 Å². The fourth-order valence-electron chi connectivity index (χ4n) is 2.84. The number of nitrogens with two attached hydrogens (primary N) is 1. The van der Waals surface area contributed by atoms with Gasteiger partial charge in [-0.15, -0.1) is 0 Å². The van der Waals surface area contributed by atoms with Crippen LogP contribution in [0.2, 0.25) is 5.02 Å². The first-order valence-electron chi connectivity index (χ1n) is 7.43. The molecule has 3 heterocycles. The minimum absolute atomic E-state index is 0.0564. The van der Waals surface area contributed by atoms with Crippen LogP contribution in [0.25, 0.3) is 10.9 Å². The second-order valence-corrected chi connectivity index (χ2v) is 6.29. The van der Waals surface area contributed by atoms with Crippen molar-refractivity contribution >= 4 is 34.3 Å². The van der Waals surface area contributed by atoms with E-state index in [4.69, 9.17) is 17.3 Å². The predicted octanol–water partition coefficient (Wildman–Crippen LogP) is 1.81. The number of hydrogen-bond acceptors (Lipinski definition) is 3. The molecule has 0 saturated carbocycles. The second-order valence-electron chi connectivity index (χ2n) is 5.85. The molecule has 3 N–H and O–H groups in total. The van der Waals surface area contributed by atoms with Crippen LogP contribution >= 0.6 is 11.6 Å². The van der Waals surface area contributed by atoms with E-state index in [1.165, 1.54) is 6.20 Å². The van der Waals surface area contributed by atoms with Crippen molar-refractivity contribution in [2.24, 2.45) is 5.73 Å². The Hall–Kier alpha value is -2.80. The molecule has 1 saturated heterocycles. The summed E-state index contributed by atoms with van der Waals surface area (Å²) in [5.74, 6) is -0.578. The standard InChI is InChI=1S/C16H14ClN5O2/c17-11-1-2-13-9(3-11)4-14(20-13)16(24)21-7-12(8-21)22-6-10(5-19-22)15(18)23/h1-6,12,20H,7-8H2,(H2,18,23). The first kappa shape index (κ1) is 14.8. The molecule has 7 nitrogen and oxygen atoms in total. The highest BCUT2D eigenvalue weighted by molar-refractivity contribution is 6.31. The van der Waals surface area contributed by atoms with Crippen LogP contribution in [0.3, 0.4) is 0 Å². The lowest BCUT2D eigenvalue weighted by Crippen LogP contribution is -2.51. The molecular formula is C16H14ClN5O2. The monoisotopic (exact) mass is 343 g/mol. The highest BCUT2D eigenvalue weighted by Gasteiger charge is 2.33. The minimum atomic E-state index is -0.509. The summed E-state index contributed by atoms with van der Waals surface area (Å²) in [5, 5.41) is 5.66. The van der Waals surface area contributed by atoms with Crippen molar-refractivity contribution in [3.63, 3.8) is 0 Å². The Morgan fingerprint density at radius 3 is 2.79 bits per heavy atom. The number of nitrogens with one attached hydrogen (secondary N) is 1. The van der Waals surface area contributed by atoms with Gasteiger partial charge in [0.25, 0.3) is 11.8 Å². The number of likely N-dealkylation sites (tertiary alicyclic amines) is 1. The molecule has 1 aliphatic heterocycles. The highest BCUT2D eigenvalue weighted by Crippen LogP contribution is 2.25. The summed E-state index contributed by atoms with van der Waals surface area (Å²) in [4.78, 5) is 28.5. The Morgan fingerprint density at radius 2 is 2.08 bits per heavy atom. The first-order chi connectivity index (χ1) is 11.5. The molecular weight excluding hydrogens is 330 g/mol. The molecule has 1 aliphatic rings. The second kappa shape index (κ2) is 5.38. The average molecular weight is 344 g/mol. The van der Waals surface area contributed by atoms with E-state index in [0.29, 0.717) is 29.4 Å². The Balaban J connectivity index is 1.47. The lowest BCUT2D eigenvalue weighted by atomic mass is 10.1. The van der Waals surface area contributed by atoms with Crippen LogP contribution in [0.1, 0.15) is 26.9 Å². The normalized spacial score (nSPS) is 14.8. The topological polar surface area (TPSA) is 97.0 Å². The summed E-state index contributed by atoms with van der Waals surface area (Å²) in [5.41, 5.74) is 6.99. The molecule has 24 heavy (non-hydrogen) atoms. The van der Waals surface area contributed by atoms with Gasteiger partial charge in [0.15, 0.2) is 0 Å². The minimum Gasteiger partial charge on any atom is -0.366 e. The maximum atomic E-state index is 12.5. The number of carbonyl (C=O) groups is 2. The van der Waals surface area contributed by atoms with E-state index >= 15 is 0 Å². The van der Waals surface area contributed by atoms with Gasteiger partial charge in [0.05, 0.1) is 17.8 Å². The number of H-pyrrole nitrogens is 1. The van der Waals surface area contributed by atoms with Crippen LogP contribution in [0.15, 0.2) is 36.7 Å². The molecule has 2 aromatic heterocycles. The van der Waals surface area contributed by atoms with E-state index in [9.17, 15) is 9.59 Å². The maximum Gasteiger partial charge on any atom is 0.270 e. The van der Waals surface area contributed by atoms with Crippen molar-refractivity contribution in [1.82, 2.24) is 19.7 Å². The molecule has 3 aromatic rings. The third kappa shape index (κ3) is 2.43. The van der Waals surface area contributed by atoms with Crippen LogP contribution in [0, 0.1) is 0 Å². The number of aromatic nitrogens is 3. The van der Waals surface area contributed by atoms with E-state index in [2.05, 4.69) is 10.1 Å². The van der Waals surface area contributed by atoms with Gasteiger partial charge in [-0.25, -0.2) is 0 Å². The molecule has 0 aliphatic carbocycles. The molecule has 0 spiro atoms. The van der Waals surface area contributed by atoms with Crippen LogP contribution in [0.5, 0.6) is 0 Å². The molecule has 0 atom stereocenters. The van der Waals surface area contributed by atoms with E-state index in [1.54, 1.807) is 27.9 Å². The van der Waals surface area contributed by atoms with Crippen molar-refractivity contribution in [1.29, 1.82) is 0 Å². The number of halogens is 1. The third-order valence-electron chi connectivity index (χ3n) is 4.22. The Kier molecular flexibility index (Phi) is 3.31. The number of fused-ring (bicyclic) bond motifs is 1. The van der Waals surface area contributed by atoms with E-state index in [0.717, 1.165) is 10.9 Å². The lowest BCUT2D eigenvalue weighted by molar-refractivity contribution is 0.0496. The Bertz CT molecular complexity index is 954. The highest BCUT2D eigenvalue weighted by atomic mass is 35.5. The summed E-state index contributed by atoms with van der Waals surface area (Å²) < 4.78 is 1.68. The third-order valence-corrected chi connectivity index (χ3v) is 4.46. The number of carbonyl (C=O) groups excluding carboxylic acids is 2. The van der Waals surface area contributed by atoms with Crippen molar-refractivity contribution in [2.45, 2.75) is 6.04 Å². The van der Waals surface area contributed by atoms with E-state index < -0.39 is 5.91 Å². The maximum absolute atomic E-state index is 12.5. The molecule has 1 aromatic carbocycles. The number of benzene rings is 1. The Labute approximate surface area is 142 Å². The molecule has 4 rings (SSSR count). The van der Waals surface area contributed by atoms with E-state index in [1.807, 2.05) is 12.1 Å². The van der Waals surface area contributed by atoms with E-state index in [-0.39, 0.29) is 11.9 Å². The summed E-state index contributed by atoms with van der Waals surface area (Å²) in [6, 6.07) is 7.31. The van der Waals surface area contributed by atoms with Crippen molar-refractivity contribution in [2.75, 3.05) is 13.1 Å². The first-order valence-corrected chi connectivity index (χ1v) is 7.80.